The molecule has 1 heterocycles. The van der Waals surface area contributed by atoms with Crippen molar-refractivity contribution in [2.24, 2.45) is 0 Å². The third-order valence-corrected chi connectivity index (χ3v) is 2.88. The second kappa shape index (κ2) is 4.96. The Kier molecular flexibility index (Phi) is 3.57. The quantitative estimate of drug-likeness (QED) is 0.844. The first-order chi connectivity index (χ1) is 8.15. The number of aromatic nitrogens is 1. The van der Waals surface area contributed by atoms with E-state index in [4.69, 9.17) is 28.1 Å². The molecule has 0 atom stereocenters. The number of hydrogen-bond acceptors (Lipinski definition) is 3. The average Bonchev–Trinajstić information content (AvgIpc) is 2.30. The van der Waals surface area contributed by atoms with Gasteiger partial charge in [-0.15, -0.1) is 0 Å². The van der Waals surface area contributed by atoms with Crippen molar-refractivity contribution in [2.75, 3.05) is 7.11 Å². The van der Waals surface area contributed by atoms with Crippen molar-refractivity contribution in [3.63, 3.8) is 0 Å². The number of H-pyrrole nitrogens is 1. The van der Waals surface area contributed by atoms with E-state index in [0.717, 1.165) is 5.39 Å². The van der Waals surface area contributed by atoms with Crippen LogP contribution in [0.1, 0.15) is 5.56 Å². The summed E-state index contributed by atoms with van der Waals surface area (Å²) in [6.45, 7) is 0.288. The molecule has 0 radical (unpaired) electrons. The molecule has 0 spiro atoms. The van der Waals surface area contributed by atoms with Gasteiger partial charge in [0, 0.05) is 23.6 Å². The van der Waals surface area contributed by atoms with Crippen molar-refractivity contribution in [2.45, 2.75) is 6.54 Å². The minimum absolute atomic E-state index is 0.185. The molecule has 0 unspecified atom stereocenters. The van der Waals surface area contributed by atoms with E-state index in [2.05, 4.69) is 9.82 Å². The Morgan fingerprint density at radius 2 is 2.18 bits per heavy atom. The van der Waals surface area contributed by atoms with E-state index in [0.29, 0.717) is 21.9 Å². The zero-order valence-electron chi connectivity index (χ0n) is 9.01. The number of fused-ring (bicyclic) bond motifs is 1. The molecule has 2 aromatic rings. The lowest BCUT2D eigenvalue weighted by Crippen LogP contribution is -2.15. The molecule has 0 saturated carbocycles. The average molecular weight is 273 g/mol. The molecule has 0 amide bonds. The van der Waals surface area contributed by atoms with Crippen LogP contribution < -0.4 is 15.1 Å². The Balaban J connectivity index is 2.66. The van der Waals surface area contributed by atoms with E-state index in [1.807, 2.05) is 0 Å². The molecule has 4 nitrogen and oxygen atoms in total. The third-order valence-electron chi connectivity index (χ3n) is 2.45. The van der Waals surface area contributed by atoms with Gasteiger partial charge >= 0.3 is 0 Å². The molecule has 1 aromatic carbocycles. The predicted molar refractivity (Wildman–Crippen MR) is 68.8 cm³/mol. The largest absolute Gasteiger partial charge is 0.495 e. The number of ether oxygens (including phenoxy) is 1. The number of nitrogens with one attached hydrogen (secondary N) is 2. The fraction of sp³-hybridized carbons (Fsp3) is 0.182. The van der Waals surface area contributed by atoms with E-state index in [-0.39, 0.29) is 12.1 Å². The van der Waals surface area contributed by atoms with Crippen LogP contribution in [0.3, 0.4) is 0 Å². The number of hydrogen-bond donors (Lipinski definition) is 2. The molecule has 2 N–H and O–H groups in total. The van der Waals surface area contributed by atoms with Gasteiger partial charge in [-0.2, -0.15) is 0 Å². The molecule has 0 fully saturated rings. The first kappa shape index (κ1) is 12.2. The monoisotopic (exact) mass is 272 g/mol. The van der Waals surface area contributed by atoms with Crippen LogP contribution >= 0.6 is 23.4 Å². The SMILES string of the molecule is COc1cc2[nH]c(=O)c(CNCl)cc2cc1Cl. The lowest BCUT2D eigenvalue weighted by atomic mass is 10.1. The molecular weight excluding hydrogens is 263 g/mol. The van der Waals surface area contributed by atoms with Crippen LogP contribution in [0.25, 0.3) is 10.9 Å². The number of pyridine rings is 1. The Labute approximate surface area is 108 Å². The summed E-state index contributed by atoms with van der Waals surface area (Å²) in [6.07, 6.45) is 0. The first-order valence-corrected chi connectivity index (χ1v) is 5.64. The molecule has 0 aliphatic heterocycles. The van der Waals surface area contributed by atoms with Crippen LogP contribution in [0.15, 0.2) is 23.0 Å². The Bertz CT molecular complexity index is 610. The summed E-state index contributed by atoms with van der Waals surface area (Å²) in [7, 11) is 1.52. The maximum atomic E-state index is 11.7. The number of methoxy groups -OCH3 is 1. The molecule has 17 heavy (non-hydrogen) atoms. The van der Waals surface area contributed by atoms with Crippen LogP contribution in [0, 0.1) is 0 Å². The van der Waals surface area contributed by atoms with Gasteiger partial charge in [0.2, 0.25) is 0 Å². The van der Waals surface area contributed by atoms with Crippen molar-refractivity contribution < 1.29 is 4.74 Å². The first-order valence-electron chi connectivity index (χ1n) is 4.88. The fourth-order valence-corrected chi connectivity index (χ4v) is 2.01. The second-order valence-electron chi connectivity index (χ2n) is 3.51. The Morgan fingerprint density at radius 1 is 1.41 bits per heavy atom. The van der Waals surface area contributed by atoms with Crippen LogP contribution in [-0.4, -0.2) is 12.1 Å². The van der Waals surface area contributed by atoms with Gasteiger partial charge in [-0.3, -0.25) is 4.79 Å². The highest BCUT2D eigenvalue weighted by Crippen LogP contribution is 2.28. The molecular formula is C11H10Cl2N2O2. The van der Waals surface area contributed by atoms with E-state index >= 15 is 0 Å². The highest BCUT2D eigenvalue weighted by molar-refractivity contribution is 6.32. The summed E-state index contributed by atoms with van der Waals surface area (Å²) < 4.78 is 5.08. The summed E-state index contributed by atoms with van der Waals surface area (Å²) in [5.41, 5.74) is 1.04. The van der Waals surface area contributed by atoms with Crippen molar-refractivity contribution in [1.82, 2.24) is 9.82 Å². The number of halogens is 2. The van der Waals surface area contributed by atoms with Crippen LogP contribution in [-0.2, 0) is 6.54 Å². The van der Waals surface area contributed by atoms with Gasteiger partial charge in [-0.1, -0.05) is 11.6 Å². The molecule has 2 rings (SSSR count). The lowest BCUT2D eigenvalue weighted by molar-refractivity contribution is 0.415. The summed E-state index contributed by atoms with van der Waals surface area (Å²) in [5, 5.41) is 1.33. The van der Waals surface area contributed by atoms with E-state index < -0.39 is 0 Å². The molecule has 0 bridgehead atoms. The van der Waals surface area contributed by atoms with Crippen LogP contribution in [0.4, 0.5) is 0 Å². The second-order valence-corrected chi connectivity index (χ2v) is 4.18. The van der Waals surface area contributed by atoms with Gasteiger partial charge < -0.3 is 9.72 Å². The van der Waals surface area contributed by atoms with E-state index in [1.54, 1.807) is 18.2 Å². The van der Waals surface area contributed by atoms with Crippen molar-refractivity contribution in [3.05, 3.63) is 39.1 Å². The molecule has 0 saturated heterocycles. The summed E-state index contributed by atoms with van der Waals surface area (Å²) in [5.74, 6) is 0.526. The number of rotatable bonds is 3. The topological polar surface area (TPSA) is 54.1 Å². The highest BCUT2D eigenvalue weighted by Gasteiger charge is 2.07. The third kappa shape index (κ3) is 2.39. The van der Waals surface area contributed by atoms with E-state index in [1.165, 1.54) is 7.11 Å². The summed E-state index contributed by atoms with van der Waals surface area (Å²) in [6, 6.07) is 5.18. The van der Waals surface area contributed by atoms with Crippen LogP contribution in [0.2, 0.25) is 5.02 Å². The maximum absolute atomic E-state index is 11.7. The molecule has 6 heteroatoms. The zero-order valence-corrected chi connectivity index (χ0v) is 10.5. The van der Waals surface area contributed by atoms with Gasteiger partial charge in [0.05, 0.1) is 17.6 Å². The minimum atomic E-state index is -0.185. The van der Waals surface area contributed by atoms with Gasteiger partial charge in [-0.05, 0) is 23.9 Å². The molecule has 90 valence electrons. The molecule has 1 aromatic heterocycles. The van der Waals surface area contributed by atoms with Crippen molar-refractivity contribution >= 4 is 34.3 Å². The zero-order chi connectivity index (χ0) is 12.4. The van der Waals surface area contributed by atoms with Gasteiger partial charge in [0.25, 0.3) is 5.56 Å². The maximum Gasteiger partial charge on any atom is 0.252 e. The van der Waals surface area contributed by atoms with Crippen molar-refractivity contribution in [1.29, 1.82) is 0 Å². The fourth-order valence-electron chi connectivity index (χ4n) is 1.61. The Hall–Kier alpha value is -1.23. The van der Waals surface area contributed by atoms with Gasteiger partial charge in [-0.25, -0.2) is 4.84 Å². The summed E-state index contributed by atoms with van der Waals surface area (Å²) in [4.78, 5) is 16.9. The molecule has 0 aliphatic carbocycles. The van der Waals surface area contributed by atoms with E-state index in [9.17, 15) is 4.79 Å². The normalized spacial score (nSPS) is 10.8. The molecule has 0 aliphatic rings. The minimum Gasteiger partial charge on any atom is -0.495 e. The summed E-state index contributed by atoms with van der Waals surface area (Å²) >= 11 is 11.4. The lowest BCUT2D eigenvalue weighted by Gasteiger charge is -2.06. The Morgan fingerprint density at radius 3 is 2.82 bits per heavy atom. The van der Waals surface area contributed by atoms with Crippen molar-refractivity contribution in [3.8, 4) is 5.75 Å². The predicted octanol–water partition coefficient (Wildman–Crippen LogP) is 2.43. The van der Waals surface area contributed by atoms with Gasteiger partial charge in [0.1, 0.15) is 5.75 Å². The van der Waals surface area contributed by atoms with Gasteiger partial charge in [0.15, 0.2) is 0 Å². The number of aromatic amines is 1. The standard InChI is InChI=1S/C11H10Cl2N2O2/c1-17-10-4-9-6(3-8(10)12)2-7(5-14-13)11(16)15-9/h2-4,14H,5H2,1H3,(H,15,16). The smallest absolute Gasteiger partial charge is 0.252 e. The number of benzene rings is 1. The highest BCUT2D eigenvalue weighted by atomic mass is 35.5. The van der Waals surface area contributed by atoms with Crippen LogP contribution in [0.5, 0.6) is 5.75 Å².